The van der Waals surface area contributed by atoms with Crippen LogP contribution in [0.15, 0.2) is 43.0 Å². The Morgan fingerprint density at radius 3 is 2.88 bits per heavy atom. The van der Waals surface area contributed by atoms with E-state index in [0.29, 0.717) is 6.54 Å². The average molecular weight is 229 g/mol. The first-order valence-corrected chi connectivity index (χ1v) is 5.50. The zero-order chi connectivity index (χ0) is 12.1. The lowest BCUT2D eigenvalue weighted by molar-refractivity contribution is 0.599. The Morgan fingerprint density at radius 2 is 2.18 bits per heavy atom. The first-order chi connectivity index (χ1) is 8.31. The Labute approximate surface area is 100 Å². The summed E-state index contributed by atoms with van der Waals surface area (Å²) in [5.41, 5.74) is 0.959. The Hall–Kier alpha value is -2.01. The molecule has 5 heteroatoms. The summed E-state index contributed by atoms with van der Waals surface area (Å²) in [7, 11) is 0. The van der Waals surface area contributed by atoms with Gasteiger partial charge in [-0.25, -0.2) is 0 Å². The van der Waals surface area contributed by atoms with Crippen molar-refractivity contribution in [1.82, 2.24) is 25.5 Å². The molecule has 0 amide bonds. The van der Waals surface area contributed by atoms with Crippen molar-refractivity contribution in [1.29, 1.82) is 0 Å². The van der Waals surface area contributed by atoms with E-state index in [2.05, 4.69) is 27.4 Å². The van der Waals surface area contributed by atoms with E-state index in [1.807, 2.05) is 43.3 Å². The third-order valence-electron chi connectivity index (χ3n) is 2.47. The van der Waals surface area contributed by atoms with Crippen LogP contribution in [0.5, 0.6) is 0 Å². The van der Waals surface area contributed by atoms with Gasteiger partial charge in [-0.2, -0.15) is 4.68 Å². The van der Waals surface area contributed by atoms with Gasteiger partial charge in [-0.15, -0.1) is 11.7 Å². The first-order valence-electron chi connectivity index (χ1n) is 5.50. The maximum Gasteiger partial charge on any atom is 0.170 e. The fraction of sp³-hybridized carbons (Fsp3) is 0.250. The number of hydrogen-bond donors (Lipinski definition) is 1. The van der Waals surface area contributed by atoms with Crippen LogP contribution in [0.2, 0.25) is 0 Å². The Balaban J connectivity index is 2.15. The third kappa shape index (κ3) is 2.76. The van der Waals surface area contributed by atoms with Crippen LogP contribution in [0.3, 0.4) is 0 Å². The van der Waals surface area contributed by atoms with Crippen molar-refractivity contribution in [2.24, 2.45) is 0 Å². The van der Waals surface area contributed by atoms with Crippen LogP contribution >= 0.6 is 0 Å². The van der Waals surface area contributed by atoms with Gasteiger partial charge in [0.15, 0.2) is 5.82 Å². The van der Waals surface area contributed by atoms with Crippen molar-refractivity contribution < 1.29 is 0 Å². The number of benzene rings is 1. The molecular weight excluding hydrogens is 214 g/mol. The van der Waals surface area contributed by atoms with E-state index in [0.717, 1.165) is 11.5 Å². The molecule has 1 heterocycles. The highest BCUT2D eigenvalue weighted by atomic mass is 15.5. The van der Waals surface area contributed by atoms with E-state index >= 15 is 0 Å². The van der Waals surface area contributed by atoms with Gasteiger partial charge in [0, 0.05) is 6.04 Å². The molecular formula is C12H15N5. The highest BCUT2D eigenvalue weighted by Crippen LogP contribution is 2.06. The standard InChI is InChI=1S/C12H15N5/c1-3-10(2)13-9-12-14-15-16-17(12)11-7-5-4-6-8-11/h3-8,10,13H,1,9H2,2H3. The van der Waals surface area contributed by atoms with Crippen LogP contribution in [0.1, 0.15) is 12.7 Å². The molecule has 1 unspecified atom stereocenters. The Kier molecular flexibility index (Phi) is 3.62. The third-order valence-corrected chi connectivity index (χ3v) is 2.47. The molecule has 0 aliphatic rings. The first kappa shape index (κ1) is 11.5. The topological polar surface area (TPSA) is 55.6 Å². The van der Waals surface area contributed by atoms with Crippen LogP contribution in [0.25, 0.3) is 5.69 Å². The molecule has 0 bridgehead atoms. The molecule has 2 aromatic rings. The molecule has 5 nitrogen and oxygen atoms in total. The van der Waals surface area contributed by atoms with E-state index in [-0.39, 0.29) is 6.04 Å². The molecule has 0 aliphatic heterocycles. The maximum absolute atomic E-state index is 4.00. The molecule has 1 aromatic carbocycles. The second-order valence-corrected chi connectivity index (χ2v) is 3.75. The Morgan fingerprint density at radius 1 is 1.41 bits per heavy atom. The Bertz CT molecular complexity index is 477. The van der Waals surface area contributed by atoms with Gasteiger partial charge >= 0.3 is 0 Å². The number of aromatic nitrogens is 4. The zero-order valence-corrected chi connectivity index (χ0v) is 9.74. The van der Waals surface area contributed by atoms with E-state index in [9.17, 15) is 0 Å². The van der Waals surface area contributed by atoms with Crippen molar-refractivity contribution >= 4 is 0 Å². The second kappa shape index (κ2) is 5.36. The zero-order valence-electron chi connectivity index (χ0n) is 9.74. The lowest BCUT2D eigenvalue weighted by Gasteiger charge is -2.08. The average Bonchev–Trinajstić information content (AvgIpc) is 2.85. The smallest absolute Gasteiger partial charge is 0.170 e. The van der Waals surface area contributed by atoms with Gasteiger partial charge in [0.25, 0.3) is 0 Å². The molecule has 0 fully saturated rings. The van der Waals surface area contributed by atoms with Gasteiger partial charge in [0.2, 0.25) is 0 Å². The van der Waals surface area contributed by atoms with Crippen LogP contribution < -0.4 is 5.32 Å². The highest BCUT2D eigenvalue weighted by molar-refractivity contribution is 5.30. The normalized spacial score (nSPS) is 12.3. The molecule has 2 rings (SSSR count). The van der Waals surface area contributed by atoms with Crippen molar-refractivity contribution in [2.75, 3.05) is 0 Å². The number of para-hydroxylation sites is 1. The van der Waals surface area contributed by atoms with Gasteiger partial charge in [-0.05, 0) is 29.5 Å². The van der Waals surface area contributed by atoms with E-state index in [1.165, 1.54) is 0 Å². The molecule has 1 N–H and O–H groups in total. The SMILES string of the molecule is C=CC(C)NCc1nnnn1-c1ccccc1. The highest BCUT2D eigenvalue weighted by Gasteiger charge is 2.07. The predicted molar refractivity (Wildman–Crippen MR) is 65.7 cm³/mol. The largest absolute Gasteiger partial charge is 0.304 e. The van der Waals surface area contributed by atoms with Gasteiger partial charge < -0.3 is 5.32 Å². The lowest BCUT2D eigenvalue weighted by Crippen LogP contribution is -2.24. The molecule has 0 radical (unpaired) electrons. The molecule has 0 saturated carbocycles. The summed E-state index contributed by atoms with van der Waals surface area (Å²) >= 11 is 0. The molecule has 17 heavy (non-hydrogen) atoms. The fourth-order valence-electron chi connectivity index (χ4n) is 1.42. The number of tetrazole rings is 1. The van der Waals surface area contributed by atoms with Crippen molar-refractivity contribution in [2.45, 2.75) is 19.5 Å². The van der Waals surface area contributed by atoms with Crippen LogP contribution in [0, 0.1) is 0 Å². The van der Waals surface area contributed by atoms with E-state index in [4.69, 9.17) is 0 Å². The van der Waals surface area contributed by atoms with Gasteiger partial charge in [0.1, 0.15) is 0 Å². The number of rotatable bonds is 5. The van der Waals surface area contributed by atoms with Gasteiger partial charge in [0.05, 0.1) is 12.2 Å². The second-order valence-electron chi connectivity index (χ2n) is 3.75. The fourth-order valence-corrected chi connectivity index (χ4v) is 1.42. The summed E-state index contributed by atoms with van der Waals surface area (Å²) in [5.74, 6) is 0.782. The minimum Gasteiger partial charge on any atom is -0.304 e. The van der Waals surface area contributed by atoms with Crippen LogP contribution in [-0.4, -0.2) is 26.2 Å². The maximum atomic E-state index is 4.00. The van der Waals surface area contributed by atoms with Gasteiger partial charge in [-0.1, -0.05) is 24.3 Å². The van der Waals surface area contributed by atoms with E-state index < -0.39 is 0 Å². The minimum absolute atomic E-state index is 0.232. The molecule has 88 valence electrons. The number of nitrogens with zero attached hydrogens (tertiary/aromatic N) is 4. The molecule has 0 saturated heterocycles. The van der Waals surface area contributed by atoms with E-state index in [1.54, 1.807) is 4.68 Å². The van der Waals surface area contributed by atoms with Crippen LogP contribution in [0.4, 0.5) is 0 Å². The number of hydrogen-bond acceptors (Lipinski definition) is 4. The molecule has 0 aliphatic carbocycles. The summed E-state index contributed by atoms with van der Waals surface area (Å²) in [6.07, 6.45) is 1.84. The quantitative estimate of drug-likeness (QED) is 0.786. The predicted octanol–water partition coefficient (Wildman–Crippen LogP) is 1.33. The van der Waals surface area contributed by atoms with Crippen molar-refractivity contribution in [3.8, 4) is 5.69 Å². The summed E-state index contributed by atoms with van der Waals surface area (Å²) in [5, 5.41) is 14.9. The summed E-state index contributed by atoms with van der Waals surface area (Å²) < 4.78 is 1.73. The molecule has 1 atom stereocenters. The summed E-state index contributed by atoms with van der Waals surface area (Å²) in [4.78, 5) is 0. The number of nitrogens with one attached hydrogen (secondary N) is 1. The molecule has 0 spiro atoms. The van der Waals surface area contributed by atoms with Crippen LogP contribution in [-0.2, 0) is 6.54 Å². The van der Waals surface area contributed by atoms with Crippen molar-refractivity contribution in [3.63, 3.8) is 0 Å². The lowest BCUT2D eigenvalue weighted by atomic mass is 10.3. The summed E-state index contributed by atoms with van der Waals surface area (Å²) in [6.45, 7) is 6.36. The van der Waals surface area contributed by atoms with Crippen molar-refractivity contribution in [3.05, 3.63) is 48.8 Å². The van der Waals surface area contributed by atoms with Gasteiger partial charge in [-0.3, -0.25) is 0 Å². The molecule has 1 aromatic heterocycles. The monoisotopic (exact) mass is 229 g/mol. The summed E-state index contributed by atoms with van der Waals surface area (Å²) in [6, 6.07) is 10.1. The minimum atomic E-state index is 0.232.